The van der Waals surface area contributed by atoms with Gasteiger partial charge in [0.25, 0.3) is 5.91 Å². The quantitative estimate of drug-likeness (QED) is 0.851. The van der Waals surface area contributed by atoms with Crippen LogP contribution in [0.25, 0.3) is 11.4 Å². The summed E-state index contributed by atoms with van der Waals surface area (Å²) >= 11 is 5.84. The Morgan fingerprint density at radius 3 is 2.48 bits per heavy atom. The second kappa shape index (κ2) is 5.62. The molecule has 0 radical (unpaired) electrons. The molecule has 120 valence electrons. The molecular weight excluding hydrogens is 320 g/mol. The second-order valence-electron chi connectivity index (χ2n) is 5.73. The Hall–Kier alpha value is -2.48. The van der Waals surface area contributed by atoms with E-state index in [1.165, 1.54) is 4.80 Å². The molecule has 1 aromatic carbocycles. The van der Waals surface area contributed by atoms with Crippen LogP contribution in [0.3, 0.4) is 0 Å². The lowest BCUT2D eigenvalue weighted by Gasteiger charge is -2.15. The first kappa shape index (κ1) is 15.4. The van der Waals surface area contributed by atoms with Gasteiger partial charge in [0.2, 0.25) is 5.82 Å². The number of nitrogens with one attached hydrogen (secondary N) is 1. The minimum absolute atomic E-state index is 0.185. The van der Waals surface area contributed by atoms with Crippen molar-refractivity contribution < 1.29 is 9.59 Å². The van der Waals surface area contributed by atoms with Gasteiger partial charge in [0.05, 0.1) is 13.1 Å². The molecule has 1 aromatic heterocycles. The van der Waals surface area contributed by atoms with E-state index in [2.05, 4.69) is 20.7 Å². The number of hydrogen-bond donors (Lipinski definition) is 1. The van der Waals surface area contributed by atoms with Crippen molar-refractivity contribution in [2.75, 3.05) is 6.54 Å². The molecule has 2 heterocycles. The zero-order chi connectivity index (χ0) is 16.6. The van der Waals surface area contributed by atoms with Crippen LogP contribution in [0.1, 0.15) is 13.8 Å². The van der Waals surface area contributed by atoms with Crippen LogP contribution in [0.2, 0.25) is 5.02 Å². The van der Waals surface area contributed by atoms with Crippen molar-refractivity contribution in [3.63, 3.8) is 0 Å². The fraction of sp³-hybridized carbons (Fsp3) is 0.357. The average molecular weight is 335 g/mol. The van der Waals surface area contributed by atoms with Crippen LogP contribution >= 0.6 is 11.6 Å². The first-order chi connectivity index (χ1) is 10.9. The molecular formula is C14H15ClN6O2. The summed E-state index contributed by atoms with van der Waals surface area (Å²) in [4.78, 5) is 26.4. The highest BCUT2D eigenvalue weighted by Gasteiger charge is 2.43. The van der Waals surface area contributed by atoms with Gasteiger partial charge in [-0.05, 0) is 43.3 Å². The van der Waals surface area contributed by atoms with Crippen molar-refractivity contribution in [3.8, 4) is 11.4 Å². The second-order valence-corrected chi connectivity index (χ2v) is 6.16. The number of amides is 3. The van der Waals surface area contributed by atoms with Crippen LogP contribution in [-0.2, 0) is 11.3 Å². The maximum atomic E-state index is 12.1. The minimum atomic E-state index is -0.874. The molecule has 0 aliphatic carbocycles. The van der Waals surface area contributed by atoms with Gasteiger partial charge in [-0.2, -0.15) is 4.80 Å². The summed E-state index contributed by atoms with van der Waals surface area (Å²) in [5, 5.41) is 15.4. The largest absolute Gasteiger partial charge is 0.325 e. The highest BCUT2D eigenvalue weighted by Crippen LogP contribution is 2.18. The van der Waals surface area contributed by atoms with E-state index < -0.39 is 11.6 Å². The number of hydrogen-bond acceptors (Lipinski definition) is 5. The Balaban J connectivity index is 1.67. The molecule has 8 nitrogen and oxygen atoms in total. The normalized spacial score (nSPS) is 16.7. The average Bonchev–Trinajstić information content (AvgIpc) is 3.03. The molecule has 2 aromatic rings. The van der Waals surface area contributed by atoms with Crippen LogP contribution in [-0.4, -0.2) is 49.1 Å². The number of aromatic nitrogens is 4. The summed E-state index contributed by atoms with van der Waals surface area (Å²) in [5.74, 6) is 0.194. The molecule has 0 bridgehead atoms. The van der Waals surface area contributed by atoms with Crippen LogP contribution < -0.4 is 5.32 Å². The Labute approximate surface area is 137 Å². The Morgan fingerprint density at radius 2 is 1.87 bits per heavy atom. The van der Waals surface area contributed by atoms with Crippen molar-refractivity contribution >= 4 is 23.5 Å². The molecule has 1 saturated heterocycles. The van der Waals surface area contributed by atoms with Gasteiger partial charge in [0.1, 0.15) is 5.54 Å². The molecule has 0 unspecified atom stereocenters. The number of benzene rings is 1. The molecule has 1 aliphatic rings. The summed E-state index contributed by atoms with van der Waals surface area (Å²) in [6.07, 6.45) is 0. The number of carbonyl (C=O) groups is 2. The van der Waals surface area contributed by atoms with E-state index in [-0.39, 0.29) is 19.0 Å². The highest BCUT2D eigenvalue weighted by atomic mass is 35.5. The summed E-state index contributed by atoms with van der Waals surface area (Å²) in [6.45, 7) is 3.79. The number of carbonyl (C=O) groups excluding carboxylic acids is 2. The van der Waals surface area contributed by atoms with Gasteiger partial charge >= 0.3 is 6.03 Å². The topological polar surface area (TPSA) is 93.0 Å². The molecule has 3 rings (SSSR count). The van der Waals surface area contributed by atoms with E-state index in [0.717, 1.165) is 10.5 Å². The number of imide groups is 1. The minimum Gasteiger partial charge on any atom is -0.324 e. The third-order valence-electron chi connectivity index (χ3n) is 3.52. The van der Waals surface area contributed by atoms with E-state index in [4.69, 9.17) is 11.6 Å². The fourth-order valence-electron chi connectivity index (χ4n) is 2.26. The summed E-state index contributed by atoms with van der Waals surface area (Å²) in [5.41, 5.74) is -0.0850. The molecule has 1 fully saturated rings. The number of nitrogens with zero attached hydrogens (tertiary/aromatic N) is 5. The molecule has 1 aliphatic heterocycles. The third kappa shape index (κ3) is 3.02. The van der Waals surface area contributed by atoms with Crippen LogP contribution in [0.15, 0.2) is 24.3 Å². The lowest BCUT2D eigenvalue weighted by molar-refractivity contribution is -0.130. The van der Waals surface area contributed by atoms with E-state index >= 15 is 0 Å². The Bertz CT molecular complexity index is 755. The molecule has 0 spiro atoms. The molecule has 0 atom stereocenters. The molecule has 9 heteroatoms. The molecule has 3 amide bonds. The van der Waals surface area contributed by atoms with Gasteiger partial charge in [0, 0.05) is 10.6 Å². The van der Waals surface area contributed by atoms with E-state index in [9.17, 15) is 9.59 Å². The van der Waals surface area contributed by atoms with Crippen molar-refractivity contribution in [1.82, 2.24) is 30.4 Å². The summed E-state index contributed by atoms with van der Waals surface area (Å²) < 4.78 is 0. The smallest absolute Gasteiger partial charge is 0.324 e. The maximum absolute atomic E-state index is 12.1. The lowest BCUT2D eigenvalue weighted by Crippen LogP contribution is -2.40. The van der Waals surface area contributed by atoms with Crippen LogP contribution in [0.4, 0.5) is 4.79 Å². The van der Waals surface area contributed by atoms with Crippen molar-refractivity contribution in [1.29, 1.82) is 0 Å². The summed E-state index contributed by atoms with van der Waals surface area (Å²) in [7, 11) is 0. The molecule has 1 N–H and O–H groups in total. The number of halogens is 1. The number of urea groups is 1. The van der Waals surface area contributed by atoms with Crippen LogP contribution in [0, 0.1) is 0 Å². The standard InChI is InChI=1S/C14H15ClN6O2/c1-14(2)12(22)20(13(23)16-14)7-8-21-18-11(17-19-21)9-3-5-10(15)6-4-9/h3-6H,7-8H2,1-2H3,(H,16,23). The Morgan fingerprint density at radius 1 is 1.17 bits per heavy atom. The van der Waals surface area contributed by atoms with Gasteiger partial charge < -0.3 is 5.32 Å². The zero-order valence-corrected chi connectivity index (χ0v) is 13.4. The lowest BCUT2D eigenvalue weighted by atomic mass is 10.1. The first-order valence-corrected chi connectivity index (χ1v) is 7.42. The van der Waals surface area contributed by atoms with Gasteiger partial charge in [-0.3, -0.25) is 9.69 Å². The summed E-state index contributed by atoms with van der Waals surface area (Å²) in [6, 6.07) is 6.67. The van der Waals surface area contributed by atoms with Gasteiger partial charge in [-0.25, -0.2) is 4.79 Å². The monoisotopic (exact) mass is 334 g/mol. The molecule has 23 heavy (non-hydrogen) atoms. The van der Waals surface area contributed by atoms with Crippen molar-refractivity contribution in [2.24, 2.45) is 0 Å². The highest BCUT2D eigenvalue weighted by molar-refractivity contribution is 6.30. The third-order valence-corrected chi connectivity index (χ3v) is 3.78. The first-order valence-electron chi connectivity index (χ1n) is 7.05. The van der Waals surface area contributed by atoms with E-state index in [0.29, 0.717) is 10.8 Å². The predicted octanol–water partition coefficient (Wildman–Crippen LogP) is 1.32. The number of tetrazole rings is 1. The zero-order valence-electron chi connectivity index (χ0n) is 12.7. The fourth-order valence-corrected chi connectivity index (χ4v) is 2.39. The van der Waals surface area contributed by atoms with E-state index in [1.807, 2.05) is 0 Å². The van der Waals surface area contributed by atoms with Crippen molar-refractivity contribution in [3.05, 3.63) is 29.3 Å². The van der Waals surface area contributed by atoms with Gasteiger partial charge in [0.15, 0.2) is 0 Å². The van der Waals surface area contributed by atoms with Gasteiger partial charge in [-0.15, -0.1) is 10.2 Å². The molecule has 0 saturated carbocycles. The Kier molecular flexibility index (Phi) is 3.77. The SMILES string of the molecule is CC1(C)NC(=O)N(CCn2nnc(-c3ccc(Cl)cc3)n2)C1=O. The maximum Gasteiger partial charge on any atom is 0.325 e. The van der Waals surface area contributed by atoms with Crippen molar-refractivity contribution in [2.45, 2.75) is 25.9 Å². The van der Waals surface area contributed by atoms with E-state index in [1.54, 1.807) is 38.1 Å². The van der Waals surface area contributed by atoms with Crippen LogP contribution in [0.5, 0.6) is 0 Å². The number of rotatable bonds is 4. The van der Waals surface area contributed by atoms with Gasteiger partial charge in [-0.1, -0.05) is 11.6 Å². The predicted molar refractivity (Wildman–Crippen MR) is 82.6 cm³/mol.